The summed E-state index contributed by atoms with van der Waals surface area (Å²) >= 11 is 1.63. The number of fused-ring (bicyclic) bond motifs is 1. The number of rotatable bonds is 8. The Morgan fingerprint density at radius 2 is 2.00 bits per heavy atom. The highest BCUT2D eigenvalue weighted by atomic mass is 32.2. The number of aromatic nitrogens is 2. The van der Waals surface area contributed by atoms with Gasteiger partial charge in [0, 0.05) is 25.4 Å². The second-order valence-electron chi connectivity index (χ2n) is 8.45. The molecule has 34 heavy (non-hydrogen) atoms. The molecule has 0 N–H and O–H groups in total. The molecule has 2 fully saturated rings. The first-order chi connectivity index (χ1) is 16.5. The van der Waals surface area contributed by atoms with E-state index in [1.54, 1.807) is 31.0 Å². The zero-order valence-corrected chi connectivity index (χ0v) is 20.8. The summed E-state index contributed by atoms with van der Waals surface area (Å²) in [5.74, 6) is 1.55. The number of morpholine rings is 1. The summed E-state index contributed by atoms with van der Waals surface area (Å²) in [4.78, 5) is 5.13. The lowest BCUT2D eigenvalue weighted by atomic mass is 10.2. The Bertz CT molecular complexity index is 1250. The predicted molar refractivity (Wildman–Crippen MR) is 131 cm³/mol. The summed E-state index contributed by atoms with van der Waals surface area (Å²) in [6.07, 6.45) is 2.22. The van der Waals surface area contributed by atoms with Crippen LogP contribution in [0, 0.1) is 0 Å². The molecule has 182 valence electrons. The number of hydrogen-bond acceptors (Lipinski definition) is 7. The maximum absolute atomic E-state index is 13.2. The highest BCUT2D eigenvalue weighted by Crippen LogP contribution is 2.31. The molecule has 5 rings (SSSR count). The smallest absolute Gasteiger partial charge is 0.243 e. The van der Waals surface area contributed by atoms with Gasteiger partial charge in [-0.05, 0) is 48.7 Å². The first-order valence-electron chi connectivity index (χ1n) is 11.5. The van der Waals surface area contributed by atoms with Crippen LogP contribution in [0.2, 0.25) is 0 Å². The van der Waals surface area contributed by atoms with E-state index in [0.717, 1.165) is 47.2 Å². The van der Waals surface area contributed by atoms with Gasteiger partial charge in [0.05, 0.1) is 48.9 Å². The monoisotopic (exact) mass is 503 g/mol. The van der Waals surface area contributed by atoms with Crippen molar-refractivity contribution in [1.82, 2.24) is 13.9 Å². The highest BCUT2D eigenvalue weighted by Gasteiger charge is 2.27. The minimum absolute atomic E-state index is 0.144. The number of benzene rings is 2. The van der Waals surface area contributed by atoms with Crippen LogP contribution >= 0.6 is 11.8 Å². The van der Waals surface area contributed by atoms with Gasteiger partial charge in [-0.1, -0.05) is 23.9 Å². The SMILES string of the molecule is COc1cccc(CSc2nc3cc(S(=O)(=O)N4CCOCC4)ccc3n2C[C@H]2CCCO2)c1. The summed E-state index contributed by atoms with van der Waals surface area (Å²) in [7, 11) is -1.92. The summed E-state index contributed by atoms with van der Waals surface area (Å²) in [6, 6.07) is 13.3. The van der Waals surface area contributed by atoms with Crippen molar-refractivity contribution >= 4 is 32.8 Å². The van der Waals surface area contributed by atoms with E-state index in [1.165, 1.54) is 4.31 Å². The lowest BCUT2D eigenvalue weighted by Crippen LogP contribution is -2.40. The highest BCUT2D eigenvalue weighted by molar-refractivity contribution is 7.98. The predicted octanol–water partition coefficient (Wildman–Crippen LogP) is 3.54. The minimum Gasteiger partial charge on any atom is -0.497 e. The molecule has 0 radical (unpaired) electrons. The fourth-order valence-electron chi connectivity index (χ4n) is 4.37. The third kappa shape index (κ3) is 4.96. The zero-order valence-electron chi connectivity index (χ0n) is 19.2. The molecule has 3 heterocycles. The third-order valence-corrected chi connectivity index (χ3v) is 9.15. The van der Waals surface area contributed by atoms with Gasteiger partial charge in [-0.15, -0.1) is 0 Å². The standard InChI is InChI=1S/C24H29N3O5S2/c1-30-19-5-2-4-18(14-19)17-33-24-25-22-15-21(34(28,29)26-9-12-31-13-10-26)7-8-23(22)27(24)16-20-6-3-11-32-20/h2,4-5,7-8,14-15,20H,3,6,9-13,16-17H2,1H3/t20-/m1/s1. The van der Waals surface area contributed by atoms with Crippen molar-refractivity contribution in [2.24, 2.45) is 0 Å². The molecule has 0 amide bonds. The lowest BCUT2D eigenvalue weighted by Gasteiger charge is -2.26. The van der Waals surface area contributed by atoms with Crippen molar-refractivity contribution in [3.05, 3.63) is 48.0 Å². The number of hydrogen-bond donors (Lipinski definition) is 0. The first-order valence-corrected chi connectivity index (χ1v) is 13.9. The van der Waals surface area contributed by atoms with Crippen LogP contribution in [0.5, 0.6) is 5.75 Å². The van der Waals surface area contributed by atoms with Gasteiger partial charge in [0.15, 0.2) is 5.16 Å². The Kier molecular flexibility index (Phi) is 7.12. The number of thioether (sulfide) groups is 1. The zero-order chi connectivity index (χ0) is 23.5. The van der Waals surface area contributed by atoms with Crippen LogP contribution in [0.25, 0.3) is 11.0 Å². The van der Waals surface area contributed by atoms with Crippen molar-refractivity contribution in [1.29, 1.82) is 0 Å². The summed E-state index contributed by atoms with van der Waals surface area (Å²) in [5.41, 5.74) is 2.74. The first kappa shape index (κ1) is 23.6. The van der Waals surface area contributed by atoms with Crippen molar-refractivity contribution in [3.8, 4) is 5.75 Å². The number of nitrogens with zero attached hydrogens (tertiary/aromatic N) is 3. The van der Waals surface area contributed by atoms with E-state index in [2.05, 4.69) is 10.6 Å². The van der Waals surface area contributed by atoms with E-state index in [9.17, 15) is 8.42 Å². The van der Waals surface area contributed by atoms with Gasteiger partial charge in [0.1, 0.15) is 5.75 Å². The second-order valence-corrected chi connectivity index (χ2v) is 11.3. The van der Waals surface area contributed by atoms with E-state index in [0.29, 0.717) is 38.4 Å². The van der Waals surface area contributed by atoms with Gasteiger partial charge >= 0.3 is 0 Å². The van der Waals surface area contributed by atoms with E-state index in [1.807, 2.05) is 24.3 Å². The summed E-state index contributed by atoms with van der Waals surface area (Å²) in [6.45, 7) is 3.06. The van der Waals surface area contributed by atoms with Crippen molar-refractivity contribution in [2.45, 2.75) is 41.3 Å². The fourth-order valence-corrected chi connectivity index (χ4v) is 6.77. The van der Waals surface area contributed by atoms with Gasteiger partial charge in [-0.2, -0.15) is 4.31 Å². The van der Waals surface area contributed by atoms with Crippen LogP contribution in [0.15, 0.2) is 52.5 Å². The van der Waals surface area contributed by atoms with E-state index >= 15 is 0 Å². The molecule has 8 nitrogen and oxygen atoms in total. The van der Waals surface area contributed by atoms with Crippen LogP contribution in [0.3, 0.4) is 0 Å². The Balaban J connectivity index is 1.46. The molecule has 2 aliphatic heterocycles. The molecule has 0 unspecified atom stereocenters. The van der Waals surface area contributed by atoms with Gasteiger partial charge < -0.3 is 18.8 Å². The largest absolute Gasteiger partial charge is 0.497 e. The Labute approximate surface area is 204 Å². The van der Waals surface area contributed by atoms with Gasteiger partial charge in [0.2, 0.25) is 10.0 Å². The second kappa shape index (κ2) is 10.2. The molecule has 0 aliphatic carbocycles. The molecule has 2 aromatic carbocycles. The van der Waals surface area contributed by atoms with Crippen LogP contribution in [-0.4, -0.2) is 68.4 Å². The quantitative estimate of drug-likeness (QED) is 0.435. The molecule has 0 spiro atoms. The molecule has 2 aliphatic rings. The van der Waals surface area contributed by atoms with E-state index in [4.69, 9.17) is 19.2 Å². The summed E-state index contributed by atoms with van der Waals surface area (Å²) in [5, 5.41) is 0.856. The molecule has 0 saturated carbocycles. The molecule has 1 aromatic heterocycles. The Morgan fingerprint density at radius 1 is 1.15 bits per heavy atom. The molecular weight excluding hydrogens is 474 g/mol. The lowest BCUT2D eigenvalue weighted by molar-refractivity contribution is 0.0730. The molecule has 3 aromatic rings. The van der Waals surface area contributed by atoms with Gasteiger partial charge in [0.25, 0.3) is 0 Å². The molecule has 1 atom stereocenters. The number of ether oxygens (including phenoxy) is 3. The fraction of sp³-hybridized carbons (Fsp3) is 0.458. The van der Waals surface area contributed by atoms with E-state index < -0.39 is 10.0 Å². The Hall–Kier alpha value is -2.11. The third-order valence-electron chi connectivity index (χ3n) is 6.20. The maximum atomic E-state index is 13.2. The Morgan fingerprint density at radius 3 is 2.76 bits per heavy atom. The van der Waals surface area contributed by atoms with Crippen molar-refractivity contribution < 1.29 is 22.6 Å². The average molecular weight is 504 g/mol. The normalized spacial score (nSPS) is 19.6. The number of imidazole rings is 1. The molecular formula is C24H29N3O5S2. The number of methoxy groups -OCH3 is 1. The van der Waals surface area contributed by atoms with Gasteiger partial charge in [-0.3, -0.25) is 0 Å². The summed E-state index contributed by atoms with van der Waals surface area (Å²) < 4.78 is 46.6. The number of sulfonamides is 1. The van der Waals surface area contributed by atoms with Crippen molar-refractivity contribution in [3.63, 3.8) is 0 Å². The molecule has 0 bridgehead atoms. The van der Waals surface area contributed by atoms with Crippen LogP contribution in [-0.2, 0) is 31.8 Å². The molecule has 10 heteroatoms. The minimum atomic E-state index is -3.58. The van der Waals surface area contributed by atoms with Crippen molar-refractivity contribution in [2.75, 3.05) is 40.0 Å². The average Bonchev–Trinajstić information content (AvgIpc) is 3.51. The maximum Gasteiger partial charge on any atom is 0.243 e. The topological polar surface area (TPSA) is 82.9 Å². The van der Waals surface area contributed by atoms with Crippen LogP contribution in [0.1, 0.15) is 18.4 Å². The van der Waals surface area contributed by atoms with Crippen LogP contribution in [0.4, 0.5) is 0 Å². The molecule has 2 saturated heterocycles. The van der Waals surface area contributed by atoms with Gasteiger partial charge in [-0.25, -0.2) is 13.4 Å². The van der Waals surface area contributed by atoms with E-state index in [-0.39, 0.29) is 11.0 Å². The van der Waals surface area contributed by atoms with Crippen LogP contribution < -0.4 is 4.74 Å².